The smallest absolute Gasteiger partial charge is 0.425 e. The highest BCUT2D eigenvalue weighted by molar-refractivity contribution is 6.40. The molecule has 182 valence electrons. The molecule has 0 aliphatic carbocycles. The third kappa shape index (κ3) is 5.14. The lowest BCUT2D eigenvalue weighted by atomic mass is 9.95. The third-order valence-electron chi connectivity index (χ3n) is 6.25. The number of benzene rings is 3. The van der Waals surface area contributed by atoms with Crippen LogP contribution in [0.1, 0.15) is 5.56 Å². The number of morpholine rings is 1. The first kappa shape index (κ1) is 24.4. The van der Waals surface area contributed by atoms with Crippen molar-refractivity contribution in [3.63, 3.8) is 0 Å². The fourth-order valence-corrected chi connectivity index (χ4v) is 5.30. The zero-order valence-corrected chi connectivity index (χ0v) is 21.2. The van der Waals surface area contributed by atoms with Crippen LogP contribution in [0.25, 0.3) is 11.1 Å². The zero-order chi connectivity index (χ0) is 24.4. The van der Waals surface area contributed by atoms with E-state index in [9.17, 15) is 4.79 Å². The van der Waals surface area contributed by atoms with Crippen molar-refractivity contribution in [2.75, 3.05) is 44.4 Å². The van der Waals surface area contributed by atoms with Gasteiger partial charge in [0.05, 0.1) is 34.6 Å². The topological polar surface area (TPSA) is 58.6 Å². The maximum atomic E-state index is 13.2. The first-order chi connectivity index (χ1) is 17.0. The van der Waals surface area contributed by atoms with Gasteiger partial charge in [0, 0.05) is 41.9 Å². The second-order valence-corrected chi connectivity index (χ2v) is 9.62. The number of anilines is 2. The molecule has 9 heteroatoms. The highest BCUT2D eigenvalue weighted by atomic mass is 35.5. The van der Waals surface area contributed by atoms with Gasteiger partial charge in [-0.25, -0.2) is 9.69 Å². The van der Waals surface area contributed by atoms with Crippen molar-refractivity contribution in [2.45, 2.75) is 6.54 Å². The minimum Gasteiger partial charge on any atom is -0.492 e. The van der Waals surface area contributed by atoms with E-state index >= 15 is 0 Å². The fraction of sp³-hybridized carbons (Fsp3) is 0.269. The number of quaternary nitrogens is 1. The Morgan fingerprint density at radius 3 is 2.37 bits per heavy atom. The van der Waals surface area contributed by atoms with Crippen LogP contribution in [0.3, 0.4) is 0 Å². The molecule has 2 aliphatic heterocycles. The molecule has 3 aromatic carbocycles. The summed E-state index contributed by atoms with van der Waals surface area (Å²) in [4.78, 5) is 17.1. The number of urea groups is 1. The quantitative estimate of drug-likeness (QED) is 0.463. The van der Waals surface area contributed by atoms with Crippen molar-refractivity contribution in [3.05, 3.63) is 75.2 Å². The van der Waals surface area contributed by atoms with Crippen LogP contribution in [-0.4, -0.2) is 50.4 Å². The first-order valence-electron chi connectivity index (χ1n) is 11.5. The molecule has 0 bridgehead atoms. The molecule has 0 radical (unpaired) electrons. The summed E-state index contributed by atoms with van der Waals surface area (Å²) in [5.41, 5.74) is 3.87. The molecule has 2 aliphatic rings. The number of carbonyl (C=O) groups excluding carboxylic acids is 1. The number of carbonyl (C=O) groups is 1. The molecule has 2 N–H and O–H groups in total. The van der Waals surface area contributed by atoms with Gasteiger partial charge in [-0.3, -0.25) is 10.2 Å². The Hall–Kier alpha value is -2.32. The van der Waals surface area contributed by atoms with E-state index in [-0.39, 0.29) is 6.03 Å². The van der Waals surface area contributed by atoms with Crippen molar-refractivity contribution in [1.29, 1.82) is 0 Å². The minimum absolute atomic E-state index is 0.192. The largest absolute Gasteiger partial charge is 0.492 e. The molecule has 0 atom stereocenters. The number of rotatable bonds is 6. The van der Waals surface area contributed by atoms with E-state index in [1.54, 1.807) is 28.4 Å². The summed E-state index contributed by atoms with van der Waals surface area (Å²) in [6.45, 7) is 5.01. The standard InChI is InChI=1S/C26H24Cl3N3O3/c27-21-5-2-1-4-18(21)19-14-17(35-13-10-31-8-11-34-12-9-31)15-24-20(19)16-30-26(33)32(24)25-22(28)6-3-7-23(25)29/h1-7,14-15H,8-13,16H2,(H,30,33)/p+1. The number of halogens is 3. The van der Waals surface area contributed by atoms with E-state index < -0.39 is 0 Å². The predicted octanol–water partition coefficient (Wildman–Crippen LogP) is 5.36. The van der Waals surface area contributed by atoms with Crippen molar-refractivity contribution in [1.82, 2.24) is 4.90 Å². The molecule has 0 spiro atoms. The highest BCUT2D eigenvalue weighted by Gasteiger charge is 2.34. The van der Waals surface area contributed by atoms with Gasteiger partial charge in [-0.05, 0) is 29.8 Å². The molecule has 6 nitrogen and oxygen atoms in total. The van der Waals surface area contributed by atoms with E-state index in [1.807, 2.05) is 36.4 Å². The van der Waals surface area contributed by atoms with Crippen LogP contribution in [0.4, 0.5) is 16.2 Å². The van der Waals surface area contributed by atoms with Gasteiger partial charge < -0.3 is 9.47 Å². The van der Waals surface area contributed by atoms with E-state index in [2.05, 4.69) is 4.90 Å². The number of para-hydroxylation sites is 1. The van der Waals surface area contributed by atoms with Gasteiger partial charge in [-0.1, -0.05) is 59.1 Å². The zero-order valence-electron chi connectivity index (χ0n) is 19.0. The van der Waals surface area contributed by atoms with E-state index in [1.165, 1.54) is 0 Å². The molecular weight excluding hydrogens is 509 g/mol. The van der Waals surface area contributed by atoms with Crippen LogP contribution >= 0.6 is 34.8 Å². The monoisotopic (exact) mass is 532 g/mol. The lowest BCUT2D eigenvalue weighted by molar-refractivity contribution is -0.572. The van der Waals surface area contributed by atoms with Gasteiger partial charge in [0.15, 0.2) is 0 Å². The van der Waals surface area contributed by atoms with Crippen LogP contribution in [0.15, 0.2) is 54.6 Å². The van der Waals surface area contributed by atoms with Gasteiger partial charge in [0.25, 0.3) is 0 Å². The second-order valence-electron chi connectivity index (χ2n) is 8.40. The Labute approximate surface area is 219 Å². The van der Waals surface area contributed by atoms with Crippen LogP contribution in [-0.2, 0) is 11.3 Å². The van der Waals surface area contributed by atoms with Crippen molar-refractivity contribution < 1.29 is 19.6 Å². The summed E-state index contributed by atoms with van der Waals surface area (Å²) in [5.74, 6) is 0.648. The van der Waals surface area contributed by atoms with E-state index in [4.69, 9.17) is 44.3 Å². The van der Waals surface area contributed by atoms with Gasteiger partial charge in [-0.2, -0.15) is 0 Å². The van der Waals surface area contributed by atoms with Gasteiger partial charge in [0.2, 0.25) is 0 Å². The maximum Gasteiger partial charge on any atom is 0.425 e. The maximum absolute atomic E-state index is 13.2. The number of fused-ring (bicyclic) bond motifs is 1. The number of nitrogens with zero attached hydrogens (tertiary/aromatic N) is 2. The van der Waals surface area contributed by atoms with Crippen molar-refractivity contribution >= 4 is 52.2 Å². The summed E-state index contributed by atoms with van der Waals surface area (Å²) in [6.07, 6.45) is 0. The SMILES string of the molecule is O=C1[NH2+]Cc2c(-c3ccccc3Cl)cc(OCCN3CCOCC3)cc2N1c1c(Cl)cccc1Cl. The van der Waals surface area contributed by atoms with Crippen LogP contribution in [0.5, 0.6) is 5.75 Å². The minimum atomic E-state index is -0.192. The van der Waals surface area contributed by atoms with Crippen LogP contribution in [0.2, 0.25) is 15.1 Å². The number of amides is 2. The Bertz CT molecular complexity index is 1230. The third-order valence-corrected chi connectivity index (χ3v) is 7.19. The Morgan fingerprint density at radius 2 is 1.63 bits per heavy atom. The number of hydrogen-bond acceptors (Lipinski definition) is 4. The molecule has 0 saturated carbocycles. The summed E-state index contributed by atoms with van der Waals surface area (Å²) in [7, 11) is 0. The number of ether oxygens (including phenoxy) is 2. The second kappa shape index (κ2) is 10.7. The Kier molecular flexibility index (Phi) is 7.48. The van der Waals surface area contributed by atoms with Crippen LogP contribution in [0, 0.1) is 0 Å². The molecule has 5 rings (SSSR count). The number of hydrogen-bond donors (Lipinski definition) is 1. The summed E-state index contributed by atoms with van der Waals surface area (Å²) < 4.78 is 11.6. The lowest BCUT2D eigenvalue weighted by Crippen LogP contribution is -2.90. The fourth-order valence-electron chi connectivity index (χ4n) is 4.50. The van der Waals surface area contributed by atoms with E-state index in [0.29, 0.717) is 45.3 Å². The molecule has 35 heavy (non-hydrogen) atoms. The first-order valence-corrected chi connectivity index (χ1v) is 12.6. The average molecular weight is 534 g/mol. The highest BCUT2D eigenvalue weighted by Crippen LogP contribution is 2.44. The van der Waals surface area contributed by atoms with Gasteiger partial charge in [-0.15, -0.1) is 0 Å². The van der Waals surface area contributed by atoms with Crippen molar-refractivity contribution in [2.24, 2.45) is 0 Å². The van der Waals surface area contributed by atoms with Gasteiger partial charge >= 0.3 is 6.03 Å². The number of primary amides is 1. The molecule has 0 unspecified atom stereocenters. The Balaban J connectivity index is 1.58. The predicted molar refractivity (Wildman–Crippen MR) is 139 cm³/mol. The molecule has 1 saturated heterocycles. The number of nitrogens with two attached hydrogens (primary N) is 1. The van der Waals surface area contributed by atoms with Crippen LogP contribution < -0.4 is 15.0 Å². The van der Waals surface area contributed by atoms with E-state index in [0.717, 1.165) is 49.5 Å². The Morgan fingerprint density at radius 1 is 0.914 bits per heavy atom. The molecule has 0 aromatic heterocycles. The molecular formula is C26H25Cl3N3O3+. The van der Waals surface area contributed by atoms with Gasteiger partial charge in [0.1, 0.15) is 18.9 Å². The lowest BCUT2D eigenvalue weighted by Gasteiger charge is -2.30. The van der Waals surface area contributed by atoms with Crippen molar-refractivity contribution in [3.8, 4) is 16.9 Å². The normalized spacial score (nSPS) is 16.3. The summed E-state index contributed by atoms with van der Waals surface area (Å²) in [5, 5.41) is 3.05. The molecule has 2 amide bonds. The average Bonchev–Trinajstić information content (AvgIpc) is 2.86. The molecule has 1 fully saturated rings. The molecule has 3 aromatic rings. The summed E-state index contributed by atoms with van der Waals surface area (Å²) >= 11 is 19.7. The molecule has 2 heterocycles. The summed E-state index contributed by atoms with van der Waals surface area (Å²) in [6, 6.07) is 16.6.